The molecule has 104 valence electrons. The Labute approximate surface area is 118 Å². The summed E-state index contributed by atoms with van der Waals surface area (Å²) in [6.07, 6.45) is 1.54. The van der Waals surface area contributed by atoms with Gasteiger partial charge in [0, 0.05) is 24.6 Å². The molecule has 1 aliphatic rings. The molecule has 0 radical (unpaired) electrons. The first kappa shape index (κ1) is 14.1. The molecule has 2 rings (SSSR count). The Bertz CT molecular complexity index is 554. The van der Waals surface area contributed by atoms with E-state index in [2.05, 4.69) is 6.07 Å². The van der Waals surface area contributed by atoms with Gasteiger partial charge >= 0.3 is 0 Å². The Morgan fingerprint density at radius 2 is 2.05 bits per heavy atom. The first-order valence-corrected chi connectivity index (χ1v) is 6.66. The van der Waals surface area contributed by atoms with E-state index in [1.165, 1.54) is 0 Å². The van der Waals surface area contributed by atoms with Crippen LogP contribution in [0.3, 0.4) is 0 Å². The maximum atomic E-state index is 12.4. The largest absolute Gasteiger partial charge is 0.369 e. The molecule has 20 heavy (non-hydrogen) atoms. The lowest BCUT2D eigenvalue weighted by atomic mass is 9.95. The van der Waals surface area contributed by atoms with Gasteiger partial charge in [-0.05, 0) is 30.5 Å². The van der Waals surface area contributed by atoms with Crippen molar-refractivity contribution in [2.45, 2.75) is 19.3 Å². The van der Waals surface area contributed by atoms with Gasteiger partial charge < -0.3 is 10.6 Å². The molecule has 1 fully saturated rings. The van der Waals surface area contributed by atoms with Gasteiger partial charge in [0.05, 0.1) is 12.5 Å². The van der Waals surface area contributed by atoms with Crippen molar-refractivity contribution >= 4 is 11.8 Å². The standard InChI is InChI=1S/C15H17N3O2/c16-7-4-11-2-1-3-13(10-11)15(20)18-8-5-12(6-9-18)14(17)19/h1-3,10,12H,4-6,8-9H2,(H2,17,19). The third kappa shape index (κ3) is 3.15. The average molecular weight is 271 g/mol. The first-order chi connectivity index (χ1) is 9.61. The molecule has 0 bridgehead atoms. The molecule has 0 aromatic heterocycles. The summed E-state index contributed by atoms with van der Waals surface area (Å²) >= 11 is 0. The first-order valence-electron chi connectivity index (χ1n) is 6.66. The maximum Gasteiger partial charge on any atom is 0.253 e. The summed E-state index contributed by atoms with van der Waals surface area (Å²) in [5.74, 6) is -0.454. The Balaban J connectivity index is 2.04. The molecule has 1 saturated heterocycles. The van der Waals surface area contributed by atoms with E-state index < -0.39 is 0 Å². The number of nitrogens with zero attached hydrogens (tertiary/aromatic N) is 2. The number of amides is 2. The van der Waals surface area contributed by atoms with Crippen LogP contribution >= 0.6 is 0 Å². The second-order valence-corrected chi connectivity index (χ2v) is 5.00. The van der Waals surface area contributed by atoms with Crippen molar-refractivity contribution in [1.29, 1.82) is 5.26 Å². The van der Waals surface area contributed by atoms with E-state index in [1.807, 2.05) is 6.07 Å². The molecular formula is C15H17N3O2. The van der Waals surface area contributed by atoms with Crippen molar-refractivity contribution in [3.8, 4) is 6.07 Å². The second-order valence-electron chi connectivity index (χ2n) is 5.00. The Morgan fingerprint density at radius 3 is 2.65 bits per heavy atom. The Hall–Kier alpha value is -2.35. The molecule has 1 aliphatic heterocycles. The molecule has 5 nitrogen and oxygen atoms in total. The van der Waals surface area contributed by atoms with E-state index in [-0.39, 0.29) is 17.7 Å². The topological polar surface area (TPSA) is 87.2 Å². The van der Waals surface area contributed by atoms with E-state index in [9.17, 15) is 9.59 Å². The van der Waals surface area contributed by atoms with Crippen LogP contribution in [0, 0.1) is 17.2 Å². The third-order valence-corrected chi connectivity index (χ3v) is 3.64. The van der Waals surface area contributed by atoms with Crippen molar-refractivity contribution in [3.63, 3.8) is 0 Å². The second kappa shape index (κ2) is 6.20. The fourth-order valence-corrected chi connectivity index (χ4v) is 2.46. The van der Waals surface area contributed by atoms with Gasteiger partial charge in [0.25, 0.3) is 5.91 Å². The molecule has 0 saturated carbocycles. The van der Waals surface area contributed by atoms with Gasteiger partial charge in [0.2, 0.25) is 5.91 Å². The van der Waals surface area contributed by atoms with Gasteiger partial charge in [-0.25, -0.2) is 0 Å². The van der Waals surface area contributed by atoms with Crippen molar-refractivity contribution in [1.82, 2.24) is 4.90 Å². The number of carbonyl (C=O) groups is 2. The number of likely N-dealkylation sites (tertiary alicyclic amines) is 1. The zero-order valence-corrected chi connectivity index (χ0v) is 11.2. The highest BCUT2D eigenvalue weighted by atomic mass is 16.2. The highest BCUT2D eigenvalue weighted by Crippen LogP contribution is 2.19. The Morgan fingerprint density at radius 1 is 1.35 bits per heavy atom. The molecule has 1 aromatic carbocycles. The van der Waals surface area contributed by atoms with Crippen LogP contribution < -0.4 is 5.73 Å². The summed E-state index contributed by atoms with van der Waals surface area (Å²) in [5, 5.41) is 8.69. The number of carbonyl (C=O) groups excluding carboxylic acids is 2. The predicted octanol–water partition coefficient (Wildman–Crippen LogP) is 1.09. The van der Waals surface area contributed by atoms with E-state index in [1.54, 1.807) is 23.1 Å². The molecule has 0 spiro atoms. The van der Waals surface area contributed by atoms with Crippen LogP contribution in [0.5, 0.6) is 0 Å². The van der Waals surface area contributed by atoms with Crippen LogP contribution in [-0.4, -0.2) is 29.8 Å². The van der Waals surface area contributed by atoms with Crippen LogP contribution in [0.1, 0.15) is 28.8 Å². The highest BCUT2D eigenvalue weighted by Gasteiger charge is 2.26. The predicted molar refractivity (Wildman–Crippen MR) is 73.6 cm³/mol. The molecule has 1 heterocycles. The van der Waals surface area contributed by atoms with Crippen LogP contribution in [-0.2, 0) is 11.2 Å². The summed E-state index contributed by atoms with van der Waals surface area (Å²) in [5.41, 5.74) is 6.71. The molecule has 2 N–H and O–H groups in total. The number of nitriles is 1. The van der Waals surface area contributed by atoms with Crippen molar-refractivity contribution < 1.29 is 9.59 Å². The summed E-state index contributed by atoms with van der Waals surface area (Å²) in [6, 6.07) is 9.20. The number of benzene rings is 1. The van der Waals surface area contributed by atoms with Crippen LogP contribution in [0.2, 0.25) is 0 Å². The summed E-state index contributed by atoms with van der Waals surface area (Å²) in [7, 11) is 0. The minimum Gasteiger partial charge on any atom is -0.369 e. The summed E-state index contributed by atoms with van der Waals surface area (Å²) in [6.45, 7) is 1.10. The minimum atomic E-state index is -0.284. The normalized spacial score (nSPS) is 15.7. The monoisotopic (exact) mass is 271 g/mol. The van der Waals surface area contributed by atoms with Gasteiger partial charge in [-0.3, -0.25) is 9.59 Å². The van der Waals surface area contributed by atoms with Gasteiger partial charge in [0.1, 0.15) is 0 Å². The van der Waals surface area contributed by atoms with Gasteiger partial charge in [-0.1, -0.05) is 12.1 Å². The fourth-order valence-electron chi connectivity index (χ4n) is 2.46. The van der Waals surface area contributed by atoms with Gasteiger partial charge in [-0.15, -0.1) is 0 Å². The van der Waals surface area contributed by atoms with E-state index in [0.29, 0.717) is 37.9 Å². The lowest BCUT2D eigenvalue weighted by molar-refractivity contribution is -0.123. The molecule has 5 heteroatoms. The van der Waals surface area contributed by atoms with Crippen LogP contribution in [0.15, 0.2) is 24.3 Å². The fraction of sp³-hybridized carbons (Fsp3) is 0.400. The van der Waals surface area contributed by atoms with Gasteiger partial charge in [0.15, 0.2) is 0 Å². The molecule has 0 aliphatic carbocycles. The molecule has 0 unspecified atom stereocenters. The van der Waals surface area contributed by atoms with Gasteiger partial charge in [-0.2, -0.15) is 5.26 Å². The van der Waals surface area contributed by atoms with E-state index >= 15 is 0 Å². The number of hydrogen-bond donors (Lipinski definition) is 1. The number of nitrogens with two attached hydrogens (primary N) is 1. The zero-order chi connectivity index (χ0) is 14.5. The molecular weight excluding hydrogens is 254 g/mol. The quantitative estimate of drug-likeness (QED) is 0.892. The van der Waals surface area contributed by atoms with Crippen molar-refractivity contribution in [2.75, 3.05) is 13.1 Å². The van der Waals surface area contributed by atoms with E-state index in [4.69, 9.17) is 11.0 Å². The minimum absolute atomic E-state index is 0.0484. The third-order valence-electron chi connectivity index (χ3n) is 3.64. The number of piperidine rings is 1. The molecule has 2 amide bonds. The molecule has 0 atom stereocenters. The zero-order valence-electron chi connectivity index (χ0n) is 11.2. The summed E-state index contributed by atoms with van der Waals surface area (Å²) < 4.78 is 0. The summed E-state index contributed by atoms with van der Waals surface area (Å²) in [4.78, 5) is 25.2. The SMILES string of the molecule is N#CCc1cccc(C(=O)N2CCC(C(N)=O)CC2)c1. The van der Waals surface area contributed by atoms with Crippen LogP contribution in [0.4, 0.5) is 0 Å². The molecule has 1 aromatic rings. The number of rotatable bonds is 3. The maximum absolute atomic E-state index is 12.4. The smallest absolute Gasteiger partial charge is 0.253 e. The highest BCUT2D eigenvalue weighted by molar-refractivity contribution is 5.94. The van der Waals surface area contributed by atoms with Crippen molar-refractivity contribution in [3.05, 3.63) is 35.4 Å². The number of hydrogen-bond acceptors (Lipinski definition) is 3. The van der Waals surface area contributed by atoms with Crippen molar-refractivity contribution in [2.24, 2.45) is 11.7 Å². The lowest BCUT2D eigenvalue weighted by Crippen LogP contribution is -2.41. The van der Waals surface area contributed by atoms with Crippen LogP contribution in [0.25, 0.3) is 0 Å². The lowest BCUT2D eigenvalue weighted by Gasteiger charge is -2.30. The Kier molecular flexibility index (Phi) is 4.36. The average Bonchev–Trinajstić information content (AvgIpc) is 2.47. The number of primary amides is 1. The van der Waals surface area contributed by atoms with E-state index in [0.717, 1.165) is 5.56 Å².